The van der Waals surface area contributed by atoms with Crippen molar-refractivity contribution in [2.75, 3.05) is 27.9 Å². The maximum absolute atomic E-state index is 13.5. The largest absolute Gasteiger partial charge is 0.507 e. The third kappa shape index (κ3) is 4.87. The van der Waals surface area contributed by atoms with Crippen LogP contribution in [0.3, 0.4) is 0 Å². The van der Waals surface area contributed by atoms with E-state index >= 15 is 0 Å². The molecule has 0 aliphatic carbocycles. The van der Waals surface area contributed by atoms with Crippen LogP contribution >= 0.6 is 0 Å². The highest BCUT2D eigenvalue weighted by molar-refractivity contribution is 6.46. The molecule has 1 aromatic heterocycles. The minimum atomic E-state index is -0.934. The van der Waals surface area contributed by atoms with E-state index in [-0.39, 0.29) is 17.9 Å². The van der Waals surface area contributed by atoms with E-state index in [1.54, 1.807) is 48.8 Å². The van der Waals surface area contributed by atoms with Crippen LogP contribution in [0.2, 0.25) is 0 Å². The summed E-state index contributed by atoms with van der Waals surface area (Å²) in [4.78, 5) is 32.4. The van der Waals surface area contributed by atoms with Gasteiger partial charge in [0.1, 0.15) is 11.5 Å². The quantitative estimate of drug-likeness (QED) is 0.252. The SMILES string of the molecule is CCOc1ccc(/C(O)=C2\C(=O)C(=O)N(Cc3cccnc3)C2c2cc(OC)c(OC)c(OC)c2)cc1C. The first-order valence-corrected chi connectivity index (χ1v) is 12.1. The van der Waals surface area contributed by atoms with Crippen molar-refractivity contribution in [1.82, 2.24) is 9.88 Å². The van der Waals surface area contributed by atoms with Gasteiger partial charge in [0.15, 0.2) is 11.5 Å². The highest BCUT2D eigenvalue weighted by Crippen LogP contribution is 2.46. The molecule has 0 saturated carbocycles. The number of amides is 1. The Morgan fingerprint density at radius 1 is 1.00 bits per heavy atom. The molecule has 198 valence electrons. The van der Waals surface area contributed by atoms with Crippen LogP contribution in [-0.4, -0.2) is 54.6 Å². The van der Waals surface area contributed by atoms with Gasteiger partial charge in [-0.3, -0.25) is 14.6 Å². The number of pyridine rings is 1. The fourth-order valence-electron chi connectivity index (χ4n) is 4.61. The molecule has 9 heteroatoms. The lowest BCUT2D eigenvalue weighted by atomic mass is 9.94. The lowest BCUT2D eigenvalue weighted by Gasteiger charge is -2.26. The fraction of sp³-hybridized carbons (Fsp3) is 0.276. The molecule has 1 fully saturated rings. The zero-order valence-electron chi connectivity index (χ0n) is 22.0. The third-order valence-electron chi connectivity index (χ3n) is 6.37. The maximum Gasteiger partial charge on any atom is 0.295 e. The average Bonchev–Trinajstić information content (AvgIpc) is 3.18. The molecular weight excluding hydrogens is 488 g/mol. The molecule has 1 saturated heterocycles. The van der Waals surface area contributed by atoms with Crippen LogP contribution in [0.4, 0.5) is 0 Å². The zero-order chi connectivity index (χ0) is 27.4. The molecule has 1 N–H and O–H groups in total. The number of ketones is 1. The number of hydrogen-bond acceptors (Lipinski definition) is 8. The minimum absolute atomic E-state index is 0.0447. The predicted molar refractivity (Wildman–Crippen MR) is 141 cm³/mol. The molecule has 0 spiro atoms. The van der Waals surface area contributed by atoms with Crippen LogP contribution in [-0.2, 0) is 16.1 Å². The first-order chi connectivity index (χ1) is 18.3. The molecule has 1 amide bonds. The van der Waals surface area contributed by atoms with Crippen molar-refractivity contribution in [1.29, 1.82) is 0 Å². The van der Waals surface area contributed by atoms with Crippen LogP contribution in [0.1, 0.15) is 35.2 Å². The minimum Gasteiger partial charge on any atom is -0.507 e. The van der Waals surface area contributed by atoms with Gasteiger partial charge in [0, 0.05) is 24.5 Å². The molecule has 1 atom stereocenters. The van der Waals surface area contributed by atoms with Gasteiger partial charge in [-0.25, -0.2) is 0 Å². The highest BCUT2D eigenvalue weighted by atomic mass is 16.5. The molecule has 1 unspecified atom stereocenters. The van der Waals surface area contributed by atoms with E-state index in [4.69, 9.17) is 18.9 Å². The van der Waals surface area contributed by atoms with E-state index in [1.807, 2.05) is 19.9 Å². The molecule has 1 aliphatic heterocycles. The number of benzene rings is 2. The van der Waals surface area contributed by atoms with Crippen molar-refractivity contribution in [2.24, 2.45) is 0 Å². The first kappa shape index (κ1) is 26.5. The van der Waals surface area contributed by atoms with Crippen LogP contribution in [0.15, 0.2) is 60.4 Å². The van der Waals surface area contributed by atoms with Crippen molar-refractivity contribution < 1.29 is 33.6 Å². The van der Waals surface area contributed by atoms with Crippen LogP contribution in [0.25, 0.3) is 5.76 Å². The Labute approximate surface area is 221 Å². The molecule has 3 aromatic rings. The second-order valence-corrected chi connectivity index (χ2v) is 8.66. The number of aliphatic hydroxyl groups is 1. The second-order valence-electron chi connectivity index (χ2n) is 8.66. The van der Waals surface area contributed by atoms with Gasteiger partial charge in [-0.15, -0.1) is 0 Å². The normalized spacial score (nSPS) is 16.4. The number of ether oxygens (including phenoxy) is 4. The summed E-state index contributed by atoms with van der Waals surface area (Å²) in [6.45, 7) is 4.32. The molecule has 9 nitrogen and oxygen atoms in total. The van der Waals surface area contributed by atoms with Gasteiger partial charge in [-0.05, 0) is 66.9 Å². The number of aliphatic hydroxyl groups excluding tert-OH is 1. The lowest BCUT2D eigenvalue weighted by Crippen LogP contribution is -2.29. The maximum atomic E-state index is 13.5. The van der Waals surface area contributed by atoms with Gasteiger partial charge in [0.25, 0.3) is 11.7 Å². The van der Waals surface area contributed by atoms with Crippen molar-refractivity contribution in [2.45, 2.75) is 26.4 Å². The first-order valence-electron chi connectivity index (χ1n) is 12.1. The van der Waals surface area contributed by atoms with E-state index in [1.165, 1.54) is 26.2 Å². The molecule has 0 bridgehead atoms. The Morgan fingerprint density at radius 2 is 1.71 bits per heavy atom. The van der Waals surface area contributed by atoms with E-state index in [0.717, 1.165) is 11.1 Å². The smallest absolute Gasteiger partial charge is 0.295 e. The second kappa shape index (κ2) is 11.2. The summed E-state index contributed by atoms with van der Waals surface area (Å²) in [7, 11) is 4.45. The Bertz CT molecular complexity index is 1360. The number of Topliss-reactive ketones (excluding diaryl/α,β-unsaturated/α-hetero) is 1. The third-order valence-corrected chi connectivity index (χ3v) is 6.37. The Morgan fingerprint density at radius 3 is 2.26 bits per heavy atom. The van der Waals surface area contributed by atoms with E-state index in [2.05, 4.69) is 4.98 Å². The molecule has 2 aromatic carbocycles. The standard InChI is InChI=1S/C29H30N2O7/c1-6-38-21-10-9-19(12-17(21)2)26(32)24-25(20-13-22(35-3)28(37-5)23(14-20)36-4)31(29(34)27(24)33)16-18-8-7-11-30-15-18/h7-15,25,32H,6,16H2,1-5H3/b26-24+. The van der Waals surface area contributed by atoms with Gasteiger partial charge in [0.2, 0.25) is 5.75 Å². The van der Waals surface area contributed by atoms with Crippen molar-refractivity contribution >= 4 is 17.4 Å². The van der Waals surface area contributed by atoms with Crippen molar-refractivity contribution in [3.63, 3.8) is 0 Å². The fourth-order valence-corrected chi connectivity index (χ4v) is 4.61. The zero-order valence-corrected chi connectivity index (χ0v) is 22.0. The van der Waals surface area contributed by atoms with Gasteiger partial charge in [-0.1, -0.05) is 6.07 Å². The molecule has 0 radical (unpaired) electrons. The summed E-state index contributed by atoms with van der Waals surface area (Å²) >= 11 is 0. The Balaban J connectivity index is 1.93. The number of aryl methyl sites for hydroxylation is 1. The monoisotopic (exact) mass is 518 g/mol. The van der Waals surface area contributed by atoms with Gasteiger partial charge in [0.05, 0.1) is 39.6 Å². The number of nitrogens with zero attached hydrogens (tertiary/aromatic N) is 2. The lowest BCUT2D eigenvalue weighted by molar-refractivity contribution is -0.140. The van der Waals surface area contributed by atoms with Crippen LogP contribution in [0, 0.1) is 6.92 Å². The van der Waals surface area contributed by atoms with E-state index in [9.17, 15) is 14.7 Å². The predicted octanol–water partition coefficient (Wildman–Crippen LogP) is 4.44. The number of carbonyl (C=O) groups excluding carboxylic acids is 2. The number of likely N-dealkylation sites (tertiary alicyclic amines) is 1. The summed E-state index contributed by atoms with van der Waals surface area (Å²) in [5.74, 6) is -0.0840. The summed E-state index contributed by atoms with van der Waals surface area (Å²) < 4.78 is 22.1. The van der Waals surface area contributed by atoms with Gasteiger partial charge < -0.3 is 29.0 Å². The Hall–Kier alpha value is -4.53. The van der Waals surface area contributed by atoms with E-state index in [0.29, 0.717) is 40.7 Å². The van der Waals surface area contributed by atoms with Crippen LogP contribution < -0.4 is 18.9 Å². The van der Waals surface area contributed by atoms with Gasteiger partial charge in [-0.2, -0.15) is 0 Å². The summed E-state index contributed by atoms with van der Waals surface area (Å²) in [6.07, 6.45) is 3.25. The number of rotatable bonds is 9. The summed E-state index contributed by atoms with van der Waals surface area (Å²) in [6, 6.07) is 11.1. The molecule has 1 aliphatic rings. The topological polar surface area (TPSA) is 107 Å². The number of hydrogen-bond donors (Lipinski definition) is 1. The number of methoxy groups -OCH3 is 3. The molecule has 4 rings (SSSR count). The summed E-state index contributed by atoms with van der Waals surface area (Å²) in [5.41, 5.74) is 2.36. The van der Waals surface area contributed by atoms with Crippen LogP contribution in [0.5, 0.6) is 23.0 Å². The summed E-state index contributed by atoms with van der Waals surface area (Å²) in [5, 5.41) is 11.5. The number of aromatic nitrogens is 1. The van der Waals surface area contributed by atoms with Crippen molar-refractivity contribution in [3.05, 3.63) is 82.7 Å². The molecular formula is C29H30N2O7. The highest BCUT2D eigenvalue weighted by Gasteiger charge is 2.46. The van der Waals surface area contributed by atoms with Crippen molar-refractivity contribution in [3.8, 4) is 23.0 Å². The van der Waals surface area contributed by atoms with Gasteiger partial charge >= 0.3 is 0 Å². The molecule has 38 heavy (non-hydrogen) atoms. The van der Waals surface area contributed by atoms with E-state index < -0.39 is 17.7 Å². The number of carbonyl (C=O) groups is 2. The molecule has 2 heterocycles. The Kier molecular flexibility index (Phi) is 7.85. The average molecular weight is 519 g/mol.